The molecule has 1 unspecified atom stereocenters. The molecule has 50 heavy (non-hydrogen) atoms. The SMILES string of the molecule is COc1cccc(NC(=O)Cc2ccc(-c3nc(C(C)C)n4c(C5=CCC(N(C)C(=O)OC(C)(C)C)CC5)cnc(N)c34)c3ccccc23)c1. The van der Waals surface area contributed by atoms with Crippen LogP contribution in [-0.4, -0.2) is 57.1 Å². The minimum Gasteiger partial charge on any atom is -0.497 e. The van der Waals surface area contributed by atoms with Gasteiger partial charge in [-0.2, -0.15) is 0 Å². The van der Waals surface area contributed by atoms with E-state index in [9.17, 15) is 9.59 Å². The number of rotatable bonds is 8. The molecule has 2 amide bonds. The van der Waals surface area contributed by atoms with Gasteiger partial charge in [0.15, 0.2) is 0 Å². The van der Waals surface area contributed by atoms with E-state index in [1.165, 1.54) is 0 Å². The Hall–Kier alpha value is -5.38. The highest BCUT2D eigenvalue weighted by Gasteiger charge is 2.29. The number of carbonyl (C=O) groups excluding carboxylic acids is 2. The van der Waals surface area contributed by atoms with Gasteiger partial charge in [-0.15, -0.1) is 0 Å². The number of hydrogen-bond acceptors (Lipinski definition) is 7. The fraction of sp³-hybridized carbons (Fsp3) is 0.350. The van der Waals surface area contributed by atoms with Crippen molar-refractivity contribution in [2.24, 2.45) is 0 Å². The van der Waals surface area contributed by atoms with E-state index in [2.05, 4.69) is 40.7 Å². The Balaban J connectivity index is 1.36. The minimum atomic E-state index is -0.549. The summed E-state index contributed by atoms with van der Waals surface area (Å²) in [6.45, 7) is 9.89. The van der Waals surface area contributed by atoms with Gasteiger partial charge in [0, 0.05) is 36.3 Å². The number of nitrogens with two attached hydrogens (primary N) is 1. The molecule has 3 aromatic carbocycles. The molecule has 10 nitrogen and oxygen atoms in total. The molecule has 1 aliphatic carbocycles. The first kappa shape index (κ1) is 34.5. The summed E-state index contributed by atoms with van der Waals surface area (Å²) in [5.41, 5.74) is 12.2. The van der Waals surface area contributed by atoms with Crippen molar-refractivity contribution in [3.05, 3.63) is 90.0 Å². The Morgan fingerprint density at radius 3 is 2.52 bits per heavy atom. The van der Waals surface area contributed by atoms with Crippen molar-refractivity contribution >= 4 is 45.4 Å². The van der Waals surface area contributed by atoms with E-state index in [0.29, 0.717) is 23.7 Å². The molecule has 0 fully saturated rings. The topological polar surface area (TPSA) is 124 Å². The predicted octanol–water partition coefficient (Wildman–Crippen LogP) is 8.25. The summed E-state index contributed by atoms with van der Waals surface area (Å²) < 4.78 is 13.1. The number of nitrogens with zero attached hydrogens (tertiary/aromatic N) is 4. The van der Waals surface area contributed by atoms with Crippen LogP contribution >= 0.6 is 0 Å². The number of anilines is 2. The van der Waals surface area contributed by atoms with E-state index in [0.717, 1.165) is 63.0 Å². The lowest BCUT2D eigenvalue weighted by Crippen LogP contribution is -2.41. The van der Waals surface area contributed by atoms with Gasteiger partial charge in [-0.1, -0.05) is 62.4 Å². The average Bonchev–Trinajstić information content (AvgIpc) is 3.49. The Kier molecular flexibility index (Phi) is 9.56. The highest BCUT2D eigenvalue weighted by atomic mass is 16.6. The molecule has 10 heteroatoms. The summed E-state index contributed by atoms with van der Waals surface area (Å²) in [4.78, 5) is 37.6. The van der Waals surface area contributed by atoms with Crippen molar-refractivity contribution < 1.29 is 19.1 Å². The zero-order chi connectivity index (χ0) is 35.7. The number of allylic oxidation sites excluding steroid dienone is 1. The van der Waals surface area contributed by atoms with Gasteiger partial charge in [0.25, 0.3) is 0 Å². The second-order valence-corrected chi connectivity index (χ2v) is 14.2. The van der Waals surface area contributed by atoms with Gasteiger partial charge < -0.3 is 25.4 Å². The molecule has 1 atom stereocenters. The van der Waals surface area contributed by atoms with Crippen molar-refractivity contribution in [1.29, 1.82) is 0 Å². The van der Waals surface area contributed by atoms with Crippen molar-refractivity contribution in [3.8, 4) is 17.0 Å². The van der Waals surface area contributed by atoms with E-state index in [1.54, 1.807) is 18.1 Å². The van der Waals surface area contributed by atoms with Gasteiger partial charge in [0.05, 0.1) is 25.4 Å². The highest BCUT2D eigenvalue weighted by Crippen LogP contribution is 2.39. The van der Waals surface area contributed by atoms with Crippen LogP contribution in [0.4, 0.5) is 16.3 Å². The Bertz CT molecular complexity index is 2110. The number of nitrogens with one attached hydrogen (secondary N) is 1. The molecule has 0 saturated carbocycles. The molecule has 260 valence electrons. The van der Waals surface area contributed by atoms with E-state index >= 15 is 0 Å². The predicted molar refractivity (Wildman–Crippen MR) is 199 cm³/mol. The smallest absolute Gasteiger partial charge is 0.410 e. The second-order valence-electron chi connectivity index (χ2n) is 14.2. The van der Waals surface area contributed by atoms with Crippen LogP contribution in [0.15, 0.2) is 72.9 Å². The number of aromatic nitrogens is 3. The molecule has 0 spiro atoms. The molecule has 3 N–H and O–H groups in total. The van der Waals surface area contributed by atoms with Crippen LogP contribution in [0.1, 0.15) is 76.9 Å². The van der Waals surface area contributed by atoms with Gasteiger partial charge in [-0.25, -0.2) is 14.8 Å². The molecular weight excluding hydrogens is 628 g/mol. The first-order chi connectivity index (χ1) is 23.8. The monoisotopic (exact) mass is 674 g/mol. The lowest BCUT2D eigenvalue weighted by atomic mass is 9.92. The molecule has 0 aliphatic heterocycles. The van der Waals surface area contributed by atoms with Crippen molar-refractivity contribution in [1.82, 2.24) is 19.3 Å². The van der Waals surface area contributed by atoms with Crippen LogP contribution in [0.2, 0.25) is 0 Å². The van der Waals surface area contributed by atoms with Crippen LogP contribution in [0.5, 0.6) is 5.75 Å². The van der Waals surface area contributed by atoms with Crippen LogP contribution in [-0.2, 0) is 16.0 Å². The number of fused-ring (bicyclic) bond motifs is 2. The van der Waals surface area contributed by atoms with Gasteiger partial charge in [0.2, 0.25) is 5.91 Å². The maximum Gasteiger partial charge on any atom is 0.410 e. The van der Waals surface area contributed by atoms with Crippen LogP contribution < -0.4 is 15.8 Å². The number of nitrogen functional groups attached to an aromatic ring is 1. The molecule has 0 saturated heterocycles. The lowest BCUT2D eigenvalue weighted by molar-refractivity contribution is -0.115. The number of amides is 2. The summed E-state index contributed by atoms with van der Waals surface area (Å²) in [6.07, 6.45) is 6.19. The van der Waals surface area contributed by atoms with Crippen molar-refractivity contribution in [2.45, 2.75) is 77.9 Å². The van der Waals surface area contributed by atoms with Crippen molar-refractivity contribution in [3.63, 3.8) is 0 Å². The molecule has 2 heterocycles. The third-order valence-electron chi connectivity index (χ3n) is 9.14. The molecule has 0 radical (unpaired) electrons. The average molecular weight is 675 g/mol. The summed E-state index contributed by atoms with van der Waals surface area (Å²) in [6, 6.07) is 19.5. The Morgan fingerprint density at radius 1 is 1.08 bits per heavy atom. The van der Waals surface area contributed by atoms with Gasteiger partial charge in [-0.05, 0) is 74.1 Å². The molecule has 1 aliphatic rings. The minimum absolute atomic E-state index is 0.0382. The van der Waals surface area contributed by atoms with E-state index in [4.69, 9.17) is 20.2 Å². The number of ether oxygens (including phenoxy) is 2. The fourth-order valence-corrected chi connectivity index (χ4v) is 6.66. The number of imidazole rings is 1. The second kappa shape index (κ2) is 13.9. The van der Waals surface area contributed by atoms with Crippen LogP contribution in [0.3, 0.4) is 0 Å². The summed E-state index contributed by atoms with van der Waals surface area (Å²) in [7, 11) is 3.41. The standard InChI is InChI=1S/C40H46N6O4/c1-24(2)38-44-35(32-20-17-26(30-13-8-9-14-31(30)32)21-34(47)43-27-11-10-12-29(22-27)49-7)36-37(41)42-23-33(46(36)38)25-15-18-28(19-16-25)45(6)39(48)50-40(3,4)5/h8-15,17,20,22-24,28H,16,18-19,21H2,1-7H3,(H2,41,42)(H,43,47). The lowest BCUT2D eigenvalue weighted by Gasteiger charge is -2.32. The molecule has 5 aromatic rings. The highest BCUT2D eigenvalue weighted by molar-refractivity contribution is 6.04. The summed E-state index contributed by atoms with van der Waals surface area (Å²) >= 11 is 0. The van der Waals surface area contributed by atoms with E-state index < -0.39 is 5.60 Å². The Labute approximate surface area is 293 Å². The van der Waals surface area contributed by atoms with Gasteiger partial charge in [0.1, 0.15) is 34.2 Å². The molecular formula is C40H46N6O4. The number of hydrogen-bond donors (Lipinski definition) is 2. The largest absolute Gasteiger partial charge is 0.497 e. The third-order valence-corrected chi connectivity index (χ3v) is 9.14. The fourth-order valence-electron chi connectivity index (χ4n) is 6.66. The number of methoxy groups -OCH3 is 1. The van der Waals surface area contributed by atoms with E-state index in [1.807, 2.05) is 82.5 Å². The van der Waals surface area contributed by atoms with Crippen LogP contribution in [0, 0.1) is 0 Å². The van der Waals surface area contributed by atoms with Gasteiger partial charge in [-0.3, -0.25) is 9.20 Å². The molecule has 0 bridgehead atoms. The van der Waals surface area contributed by atoms with Gasteiger partial charge >= 0.3 is 6.09 Å². The summed E-state index contributed by atoms with van der Waals surface area (Å²) in [5.74, 6) is 1.94. The Morgan fingerprint density at radius 2 is 1.84 bits per heavy atom. The van der Waals surface area contributed by atoms with E-state index in [-0.39, 0.29) is 30.4 Å². The normalized spacial score (nSPS) is 14.9. The summed E-state index contributed by atoms with van der Waals surface area (Å²) in [5, 5.41) is 4.94. The molecule has 2 aromatic heterocycles. The first-order valence-electron chi connectivity index (χ1n) is 17.1. The van der Waals surface area contributed by atoms with Crippen molar-refractivity contribution in [2.75, 3.05) is 25.2 Å². The third kappa shape index (κ3) is 7.01. The zero-order valence-electron chi connectivity index (χ0n) is 29.9. The first-order valence-corrected chi connectivity index (χ1v) is 17.1. The maximum atomic E-state index is 13.2. The molecule has 6 rings (SSSR count). The zero-order valence-corrected chi connectivity index (χ0v) is 29.9. The quantitative estimate of drug-likeness (QED) is 0.170. The number of carbonyl (C=O) groups is 2. The maximum absolute atomic E-state index is 13.2. The van der Waals surface area contributed by atoms with Crippen LogP contribution in [0.25, 0.3) is 33.1 Å². The number of benzene rings is 3.